The Balaban J connectivity index is 1.85. The van der Waals surface area contributed by atoms with Crippen molar-refractivity contribution in [3.8, 4) is 0 Å². The van der Waals surface area contributed by atoms with Crippen LogP contribution in [0, 0.1) is 0 Å². The van der Waals surface area contributed by atoms with Crippen LogP contribution in [0.4, 0.5) is 5.69 Å². The zero-order valence-corrected chi connectivity index (χ0v) is 14.2. The average molecular weight is 327 g/mol. The largest absolute Gasteiger partial charge is 0.499 e. The smallest absolute Gasteiger partial charge is 0.121 e. The first-order valence-corrected chi connectivity index (χ1v) is 8.57. The van der Waals surface area contributed by atoms with Gasteiger partial charge in [-0.25, -0.2) is 0 Å². The molecule has 0 aromatic heterocycles. The standard InChI is InChI=1S/C23H21NO/c1-25-22-17-21(18-11-5-2-6-12-18)24(20-15-9-4-10-16-20)23(22)19-13-7-3-8-14-19/h2-17,21,23H,1H3/t21-,23+/m1/s1. The molecule has 0 amide bonds. The second-order valence-electron chi connectivity index (χ2n) is 6.18. The molecule has 1 aliphatic rings. The molecule has 1 aliphatic heterocycles. The number of ether oxygens (including phenoxy) is 1. The fourth-order valence-electron chi connectivity index (χ4n) is 3.58. The highest BCUT2D eigenvalue weighted by molar-refractivity contribution is 5.58. The number of hydrogen-bond acceptors (Lipinski definition) is 2. The molecule has 3 aromatic carbocycles. The Hall–Kier alpha value is -3.00. The third-order valence-corrected chi connectivity index (χ3v) is 4.72. The lowest BCUT2D eigenvalue weighted by Gasteiger charge is -2.34. The monoisotopic (exact) mass is 327 g/mol. The van der Waals surface area contributed by atoms with Gasteiger partial charge in [0.25, 0.3) is 0 Å². The van der Waals surface area contributed by atoms with Crippen LogP contribution in [0.1, 0.15) is 23.2 Å². The number of anilines is 1. The molecule has 1 heterocycles. The van der Waals surface area contributed by atoms with Crippen molar-refractivity contribution in [3.63, 3.8) is 0 Å². The summed E-state index contributed by atoms with van der Waals surface area (Å²) in [6.07, 6.45) is 2.24. The molecule has 4 rings (SSSR count). The third kappa shape index (κ3) is 2.91. The molecular weight excluding hydrogens is 306 g/mol. The summed E-state index contributed by atoms with van der Waals surface area (Å²) in [5.74, 6) is 0.990. The molecule has 124 valence electrons. The topological polar surface area (TPSA) is 12.5 Å². The van der Waals surface area contributed by atoms with E-state index in [0.29, 0.717) is 0 Å². The van der Waals surface area contributed by atoms with Crippen LogP contribution in [0.2, 0.25) is 0 Å². The Morgan fingerprint density at radius 2 is 1.20 bits per heavy atom. The van der Waals surface area contributed by atoms with Crippen molar-refractivity contribution in [1.82, 2.24) is 0 Å². The summed E-state index contributed by atoms with van der Waals surface area (Å²) in [5.41, 5.74) is 3.69. The molecule has 2 atom stereocenters. The summed E-state index contributed by atoms with van der Waals surface area (Å²) in [4.78, 5) is 2.43. The van der Waals surface area contributed by atoms with Gasteiger partial charge in [-0.2, -0.15) is 0 Å². The van der Waals surface area contributed by atoms with Crippen LogP contribution in [0.25, 0.3) is 0 Å². The molecule has 0 radical (unpaired) electrons. The van der Waals surface area contributed by atoms with Crippen molar-refractivity contribution in [2.75, 3.05) is 12.0 Å². The van der Waals surface area contributed by atoms with Gasteiger partial charge in [0.05, 0.1) is 13.2 Å². The van der Waals surface area contributed by atoms with Crippen molar-refractivity contribution in [1.29, 1.82) is 0 Å². The minimum absolute atomic E-state index is 0.0683. The van der Waals surface area contributed by atoms with Crippen LogP contribution < -0.4 is 4.90 Å². The van der Waals surface area contributed by atoms with Gasteiger partial charge in [0.15, 0.2) is 0 Å². The van der Waals surface area contributed by atoms with Gasteiger partial charge in [-0.1, -0.05) is 78.9 Å². The zero-order chi connectivity index (χ0) is 17.1. The number of hydrogen-bond donors (Lipinski definition) is 0. The van der Waals surface area contributed by atoms with E-state index in [9.17, 15) is 0 Å². The minimum Gasteiger partial charge on any atom is -0.499 e. The molecule has 0 N–H and O–H groups in total. The van der Waals surface area contributed by atoms with Crippen molar-refractivity contribution in [2.45, 2.75) is 12.1 Å². The van der Waals surface area contributed by atoms with E-state index < -0.39 is 0 Å². The van der Waals surface area contributed by atoms with E-state index in [1.54, 1.807) is 7.11 Å². The van der Waals surface area contributed by atoms with E-state index in [2.05, 4.69) is 102 Å². The maximum atomic E-state index is 5.80. The van der Waals surface area contributed by atoms with Crippen LogP contribution in [0.5, 0.6) is 0 Å². The Bertz CT molecular complexity index is 843. The van der Waals surface area contributed by atoms with E-state index in [4.69, 9.17) is 4.74 Å². The van der Waals surface area contributed by atoms with Gasteiger partial charge in [-0.05, 0) is 29.3 Å². The zero-order valence-electron chi connectivity index (χ0n) is 14.2. The summed E-state index contributed by atoms with van der Waals surface area (Å²) in [7, 11) is 1.76. The van der Waals surface area contributed by atoms with Crippen molar-refractivity contribution < 1.29 is 4.74 Å². The van der Waals surface area contributed by atoms with Crippen molar-refractivity contribution in [2.24, 2.45) is 0 Å². The van der Waals surface area contributed by atoms with E-state index in [0.717, 1.165) is 5.76 Å². The number of rotatable bonds is 4. The lowest BCUT2D eigenvalue weighted by Crippen LogP contribution is -2.28. The summed E-state index contributed by atoms with van der Waals surface area (Å²) in [6, 6.07) is 31.9. The van der Waals surface area contributed by atoms with Gasteiger partial charge in [-0.3, -0.25) is 0 Å². The number of para-hydroxylation sites is 1. The average Bonchev–Trinajstić information content (AvgIpc) is 3.10. The molecule has 3 aromatic rings. The van der Waals surface area contributed by atoms with E-state index in [1.807, 2.05) is 0 Å². The molecule has 0 unspecified atom stereocenters. The minimum atomic E-state index is 0.0683. The lowest BCUT2D eigenvalue weighted by molar-refractivity contribution is 0.270. The van der Waals surface area contributed by atoms with Crippen molar-refractivity contribution >= 4 is 5.69 Å². The van der Waals surface area contributed by atoms with Crippen LogP contribution in [-0.4, -0.2) is 7.11 Å². The fraction of sp³-hybridized carbons (Fsp3) is 0.130. The first kappa shape index (κ1) is 15.5. The third-order valence-electron chi connectivity index (χ3n) is 4.72. The summed E-state index contributed by atoms with van der Waals surface area (Å²) in [5, 5.41) is 0. The molecule has 2 heteroatoms. The van der Waals surface area contributed by atoms with E-state index in [-0.39, 0.29) is 12.1 Å². The van der Waals surface area contributed by atoms with E-state index >= 15 is 0 Å². The highest BCUT2D eigenvalue weighted by Crippen LogP contribution is 2.46. The molecule has 0 saturated carbocycles. The Labute approximate surface area is 149 Å². The molecular formula is C23H21NO. The molecule has 25 heavy (non-hydrogen) atoms. The maximum Gasteiger partial charge on any atom is 0.121 e. The Kier molecular flexibility index (Phi) is 4.26. The maximum absolute atomic E-state index is 5.80. The molecule has 0 saturated heterocycles. The van der Waals surface area contributed by atoms with Crippen molar-refractivity contribution in [3.05, 3.63) is 114 Å². The SMILES string of the molecule is COC1=C[C@H](c2ccccc2)N(c2ccccc2)[C@H]1c1ccccc1. The van der Waals surface area contributed by atoms with Gasteiger partial charge in [-0.15, -0.1) is 0 Å². The molecule has 0 spiro atoms. The summed E-state index contributed by atoms with van der Waals surface area (Å²) in [6.45, 7) is 0. The Morgan fingerprint density at radius 1 is 0.680 bits per heavy atom. The van der Waals surface area contributed by atoms with Gasteiger partial charge in [0.2, 0.25) is 0 Å². The quantitative estimate of drug-likeness (QED) is 0.625. The van der Waals surface area contributed by atoms with Crippen LogP contribution >= 0.6 is 0 Å². The first-order chi connectivity index (χ1) is 12.4. The Morgan fingerprint density at radius 3 is 1.76 bits per heavy atom. The van der Waals surface area contributed by atoms with E-state index in [1.165, 1.54) is 16.8 Å². The number of nitrogens with zero attached hydrogens (tertiary/aromatic N) is 1. The fourth-order valence-corrected chi connectivity index (χ4v) is 3.58. The first-order valence-electron chi connectivity index (χ1n) is 8.57. The normalized spacial score (nSPS) is 19.6. The number of benzene rings is 3. The summed E-state index contributed by atoms with van der Waals surface area (Å²) >= 11 is 0. The molecule has 0 aliphatic carbocycles. The van der Waals surface area contributed by atoms with Gasteiger partial charge >= 0.3 is 0 Å². The highest BCUT2D eigenvalue weighted by atomic mass is 16.5. The van der Waals surface area contributed by atoms with Gasteiger partial charge in [0, 0.05) is 5.69 Å². The van der Waals surface area contributed by atoms with Gasteiger partial charge < -0.3 is 9.64 Å². The van der Waals surface area contributed by atoms with Crippen LogP contribution in [-0.2, 0) is 4.74 Å². The number of methoxy groups -OCH3 is 1. The second kappa shape index (κ2) is 6.86. The summed E-state index contributed by atoms with van der Waals surface area (Å²) < 4.78 is 5.80. The highest BCUT2D eigenvalue weighted by Gasteiger charge is 2.37. The second-order valence-corrected chi connectivity index (χ2v) is 6.18. The van der Waals surface area contributed by atoms with Crippen LogP contribution in [0.15, 0.2) is 103 Å². The van der Waals surface area contributed by atoms with Crippen LogP contribution in [0.3, 0.4) is 0 Å². The molecule has 0 fully saturated rings. The van der Waals surface area contributed by atoms with Gasteiger partial charge in [0.1, 0.15) is 11.8 Å². The predicted octanol–water partition coefficient (Wildman–Crippen LogP) is 5.52. The molecule has 2 nitrogen and oxygen atoms in total. The molecule has 0 bridgehead atoms. The predicted molar refractivity (Wildman–Crippen MR) is 102 cm³/mol. The lowest BCUT2D eigenvalue weighted by atomic mass is 10.0.